The monoisotopic (exact) mass is 265 g/mol. The minimum Gasteiger partial charge on any atom is -0.309 e. The minimum absolute atomic E-state index is 0.287. The van der Waals surface area contributed by atoms with Gasteiger partial charge in [0, 0.05) is 0 Å². The zero-order valence-electron chi connectivity index (χ0n) is 12.4. The van der Waals surface area contributed by atoms with Crippen molar-refractivity contribution in [3.05, 3.63) is 70.8 Å². The Hall–Kier alpha value is -1.60. The van der Waals surface area contributed by atoms with E-state index in [9.17, 15) is 0 Å². The van der Waals surface area contributed by atoms with Crippen molar-refractivity contribution < 1.29 is 0 Å². The van der Waals surface area contributed by atoms with E-state index in [1.807, 2.05) is 7.05 Å². The fourth-order valence-corrected chi connectivity index (χ4v) is 3.11. The molecular formula is C19H23N. The van der Waals surface area contributed by atoms with E-state index < -0.39 is 0 Å². The van der Waals surface area contributed by atoms with Crippen LogP contribution < -0.4 is 5.32 Å². The van der Waals surface area contributed by atoms with E-state index in [2.05, 4.69) is 60.8 Å². The molecule has 1 fully saturated rings. The van der Waals surface area contributed by atoms with E-state index >= 15 is 0 Å². The first-order chi connectivity index (χ1) is 9.78. The maximum absolute atomic E-state index is 3.46. The fourth-order valence-electron chi connectivity index (χ4n) is 3.11. The van der Waals surface area contributed by atoms with Gasteiger partial charge in [-0.15, -0.1) is 0 Å². The second-order valence-corrected chi connectivity index (χ2v) is 5.93. The van der Waals surface area contributed by atoms with Gasteiger partial charge in [-0.3, -0.25) is 0 Å². The summed E-state index contributed by atoms with van der Waals surface area (Å²) in [5.74, 6) is 0.796. The smallest absolute Gasteiger partial charge is 0.0574 e. The van der Waals surface area contributed by atoms with Crippen molar-refractivity contribution in [2.75, 3.05) is 7.05 Å². The largest absolute Gasteiger partial charge is 0.309 e. The summed E-state index contributed by atoms with van der Waals surface area (Å²) >= 11 is 0. The number of benzene rings is 2. The lowest BCUT2D eigenvalue weighted by Gasteiger charge is -2.27. The van der Waals surface area contributed by atoms with Crippen molar-refractivity contribution in [1.29, 1.82) is 0 Å². The summed E-state index contributed by atoms with van der Waals surface area (Å²) in [4.78, 5) is 0. The summed E-state index contributed by atoms with van der Waals surface area (Å²) in [5, 5.41) is 3.46. The van der Waals surface area contributed by atoms with Crippen molar-refractivity contribution in [3.63, 3.8) is 0 Å². The van der Waals surface area contributed by atoms with Gasteiger partial charge in [-0.2, -0.15) is 0 Å². The summed E-state index contributed by atoms with van der Waals surface area (Å²) < 4.78 is 0. The Morgan fingerprint density at radius 3 is 2.30 bits per heavy atom. The predicted molar refractivity (Wildman–Crippen MR) is 85.1 cm³/mol. The summed E-state index contributed by atoms with van der Waals surface area (Å²) in [6, 6.07) is 18.2. The maximum Gasteiger partial charge on any atom is 0.0574 e. The van der Waals surface area contributed by atoms with Gasteiger partial charge in [0.2, 0.25) is 0 Å². The Morgan fingerprint density at radius 1 is 1.00 bits per heavy atom. The molecular weight excluding hydrogens is 242 g/mol. The first-order valence-electron chi connectivity index (χ1n) is 7.61. The van der Waals surface area contributed by atoms with Gasteiger partial charge in [-0.1, -0.05) is 60.5 Å². The molecule has 2 aromatic carbocycles. The molecule has 0 bridgehead atoms. The molecule has 0 saturated heterocycles. The second kappa shape index (κ2) is 5.80. The number of nitrogens with one attached hydrogen (secondary N) is 1. The van der Waals surface area contributed by atoms with Crippen LogP contribution in [-0.2, 0) is 0 Å². The van der Waals surface area contributed by atoms with E-state index in [4.69, 9.17) is 0 Å². The first kappa shape index (κ1) is 13.4. The molecule has 0 spiro atoms. The van der Waals surface area contributed by atoms with Crippen LogP contribution in [-0.4, -0.2) is 7.05 Å². The lowest BCUT2D eigenvalue weighted by molar-refractivity contribution is 0.419. The molecule has 0 aliphatic heterocycles. The third-order valence-corrected chi connectivity index (χ3v) is 4.48. The van der Waals surface area contributed by atoms with E-state index in [0.717, 1.165) is 5.92 Å². The van der Waals surface area contributed by atoms with Gasteiger partial charge in [-0.05, 0) is 49.4 Å². The highest BCUT2D eigenvalue weighted by atomic mass is 14.9. The van der Waals surface area contributed by atoms with Gasteiger partial charge in [0.25, 0.3) is 0 Å². The highest BCUT2D eigenvalue weighted by molar-refractivity contribution is 5.37. The maximum atomic E-state index is 3.46. The van der Waals surface area contributed by atoms with Crippen molar-refractivity contribution >= 4 is 0 Å². The topological polar surface area (TPSA) is 12.0 Å². The molecule has 1 atom stereocenters. The first-order valence-corrected chi connectivity index (χ1v) is 7.61. The summed E-state index contributed by atoms with van der Waals surface area (Å²) in [5.41, 5.74) is 5.56. The average Bonchev–Trinajstić information content (AvgIpc) is 2.38. The molecule has 1 saturated carbocycles. The van der Waals surface area contributed by atoms with E-state index in [0.29, 0.717) is 0 Å². The lowest BCUT2D eigenvalue weighted by Crippen LogP contribution is -2.18. The molecule has 0 aromatic heterocycles. The number of hydrogen-bond acceptors (Lipinski definition) is 1. The van der Waals surface area contributed by atoms with Gasteiger partial charge in [0.1, 0.15) is 0 Å². The Balaban J connectivity index is 1.92. The van der Waals surface area contributed by atoms with Crippen molar-refractivity contribution in [2.24, 2.45) is 0 Å². The van der Waals surface area contributed by atoms with Crippen LogP contribution in [0.15, 0.2) is 48.5 Å². The van der Waals surface area contributed by atoms with Crippen LogP contribution in [0, 0.1) is 6.92 Å². The molecule has 1 unspecified atom stereocenters. The Labute approximate surface area is 122 Å². The molecule has 1 N–H and O–H groups in total. The molecule has 1 aliphatic rings. The fraction of sp³-hybridized carbons (Fsp3) is 0.368. The molecule has 1 aliphatic carbocycles. The summed E-state index contributed by atoms with van der Waals surface area (Å²) in [6.07, 6.45) is 4.11. The predicted octanol–water partition coefficient (Wildman–Crippen LogP) is 4.57. The van der Waals surface area contributed by atoms with Crippen LogP contribution in [0.3, 0.4) is 0 Å². The molecule has 0 amide bonds. The molecule has 3 rings (SSSR count). The van der Waals surface area contributed by atoms with Crippen LogP contribution in [0.5, 0.6) is 0 Å². The molecule has 20 heavy (non-hydrogen) atoms. The zero-order chi connectivity index (χ0) is 13.9. The minimum atomic E-state index is 0.287. The standard InChI is InChI=1S/C19H23N/c1-14-6-3-10-17(12-14)19(20-2)18-11-5-9-16(13-18)15-7-4-8-15/h3,5-6,9-13,15,19-20H,4,7-8H2,1-2H3. The van der Waals surface area contributed by atoms with Gasteiger partial charge in [-0.25, -0.2) is 0 Å². The summed E-state index contributed by atoms with van der Waals surface area (Å²) in [6.45, 7) is 2.15. The molecule has 104 valence electrons. The Morgan fingerprint density at radius 2 is 1.70 bits per heavy atom. The number of hydrogen-bond donors (Lipinski definition) is 1. The van der Waals surface area contributed by atoms with Gasteiger partial charge < -0.3 is 5.32 Å². The van der Waals surface area contributed by atoms with Crippen LogP contribution in [0.4, 0.5) is 0 Å². The van der Waals surface area contributed by atoms with Crippen LogP contribution >= 0.6 is 0 Å². The molecule has 0 radical (unpaired) electrons. The van der Waals surface area contributed by atoms with Crippen molar-refractivity contribution in [2.45, 2.75) is 38.1 Å². The van der Waals surface area contributed by atoms with Crippen molar-refractivity contribution in [3.8, 4) is 0 Å². The SMILES string of the molecule is CNC(c1cccc(C)c1)c1cccc(C2CCC2)c1. The highest BCUT2D eigenvalue weighted by Crippen LogP contribution is 2.37. The van der Waals surface area contributed by atoms with Gasteiger partial charge in [0.15, 0.2) is 0 Å². The average molecular weight is 265 g/mol. The van der Waals surface area contributed by atoms with Gasteiger partial charge in [0.05, 0.1) is 6.04 Å². The van der Waals surface area contributed by atoms with E-state index in [1.165, 1.54) is 41.5 Å². The van der Waals surface area contributed by atoms with Crippen LogP contribution in [0.25, 0.3) is 0 Å². The summed E-state index contributed by atoms with van der Waals surface area (Å²) in [7, 11) is 2.04. The number of rotatable bonds is 4. The Kier molecular flexibility index (Phi) is 3.88. The molecule has 0 heterocycles. The molecule has 1 heteroatoms. The highest BCUT2D eigenvalue weighted by Gasteiger charge is 2.20. The third kappa shape index (κ3) is 2.64. The Bertz CT molecular complexity index is 584. The molecule has 1 nitrogen and oxygen atoms in total. The normalized spacial score (nSPS) is 16.7. The van der Waals surface area contributed by atoms with Crippen molar-refractivity contribution in [1.82, 2.24) is 5.32 Å². The molecule has 2 aromatic rings. The lowest BCUT2D eigenvalue weighted by atomic mass is 9.79. The van der Waals surface area contributed by atoms with Gasteiger partial charge >= 0.3 is 0 Å². The quantitative estimate of drug-likeness (QED) is 0.853. The zero-order valence-corrected chi connectivity index (χ0v) is 12.4. The second-order valence-electron chi connectivity index (χ2n) is 5.93. The third-order valence-electron chi connectivity index (χ3n) is 4.48. The van der Waals surface area contributed by atoms with E-state index in [-0.39, 0.29) is 6.04 Å². The van der Waals surface area contributed by atoms with E-state index in [1.54, 1.807) is 0 Å². The number of aryl methyl sites for hydroxylation is 1. The van der Waals surface area contributed by atoms with Crippen LogP contribution in [0.2, 0.25) is 0 Å². The van der Waals surface area contributed by atoms with Crippen LogP contribution in [0.1, 0.15) is 53.5 Å².